The van der Waals surface area contributed by atoms with Gasteiger partial charge in [-0.25, -0.2) is 0 Å². The van der Waals surface area contributed by atoms with Crippen molar-refractivity contribution in [2.24, 2.45) is 0 Å². The largest absolute Gasteiger partial charge is 2.00 e. The Morgan fingerprint density at radius 3 is 0.918 bits per heavy atom. The summed E-state index contributed by atoms with van der Waals surface area (Å²) in [7, 11) is 0. The van der Waals surface area contributed by atoms with Crippen LogP contribution in [0.4, 0.5) is 26.3 Å². The Bertz CT molecular complexity index is 8240. The molecule has 0 N–H and O–H groups in total. The summed E-state index contributed by atoms with van der Waals surface area (Å²) in [5.74, 6) is 2.21. The molecule has 8 aromatic heterocycles. The molecule has 0 atom stereocenters. The third-order valence-corrected chi connectivity index (χ3v) is 60.7. The molecule has 0 aliphatic carbocycles. The molecule has 146 heavy (non-hydrogen) atoms. The summed E-state index contributed by atoms with van der Waals surface area (Å²) >= 11 is -10.4. The SMILES string of the molecule is Cc1ccc(Oc2[c-]c(-c3[c-][c]4c(cc3)-c3cccc[c]3[Bi]4[c]3cc(C)ccn3)ccc2)nc1.Cc1ccn[c]([Bi]2[c]3[c-]c(-c4[c-]c(Oc5cc(C(F)(F)F)ccn5)ccc4)ccc3-c3cccc[c]32)c1.Cc1ccn[c]([Bi]2[c]3[c-]c(-c4[c-]c(Oc5cccc(C)n5)ccc4)ccc3-c3cccc[c]32)c1.Cc1ccn[c]([Bi]2[c]3[c-]c(-c4[c-]c(Oc5ncccc5C(F)(F)F)ccc4)ccc3-c3cccc[c]32)c1.[Pt+2].[Pt+2].[Pt+2].[Pt+2]. The molecule has 0 radical (unpaired) electrons. The van der Waals surface area contributed by atoms with E-state index < -0.39 is 116 Å². The van der Waals surface area contributed by atoms with Crippen molar-refractivity contribution in [2.45, 2.75) is 53.9 Å². The van der Waals surface area contributed by atoms with Gasteiger partial charge in [0.05, 0.1) is 0 Å². The zero-order valence-electron chi connectivity index (χ0n) is 78.2. The average molecular weight is 3430 g/mol. The van der Waals surface area contributed by atoms with Crippen LogP contribution < -0.4 is 58.7 Å². The van der Waals surface area contributed by atoms with E-state index in [2.05, 4.69) is 278 Å². The number of hydrogen-bond acceptors (Lipinski definition) is 12. The number of fused-ring (bicyclic) bond motifs is 12. The molecule has 0 amide bonds. The standard InChI is InChI=1S/2C24H12F3NO.2C24H15NO.4C6H6N.4Bi.4Pt/c25-24(26,27)22-10-5-15-28-23(22)29-21-9-4-8-20(16-21)19-13-11-18(12-14-19)17-6-2-1-3-7-17;25-24(26,27)21-13-14-28-23(16-21)29-22-8-4-7-20(15-22)19-11-9-18(10-12-19)17-5-2-1-3-6-17;1-18-7-5-12-24(25-18)26-23-11-6-10-22(17-23)21-15-13-20(14-16-21)19-8-3-2-4-9-19;1-18-10-15-24(25-17-18)26-23-9-5-8-22(16-23)21-13-11-20(12-14-21)19-6-3-2-4-7-19;4*1-6-2-4-7-5-3-6;;;;;;;;/h1-6,8-11,13,15H;1-5,7-9,11,13-14,16H;2-8,10-13,15H,1H3;2-6,8-11,13,15,17H,1H3;4*2-4H,1H3;;;;;;;;/q4*-2;;;;;;;;;4*+2. The first kappa shape index (κ1) is 106. The maximum atomic E-state index is 13.4. The molecule has 20 aromatic rings. The van der Waals surface area contributed by atoms with E-state index in [0.717, 1.165) is 81.4 Å². The molecule has 24 rings (SSSR count). The number of pyridine rings is 8. The maximum Gasteiger partial charge on any atom is 2.00 e. The second-order valence-electron chi connectivity index (χ2n) is 33.9. The Morgan fingerprint density at radius 2 is 0.575 bits per heavy atom. The van der Waals surface area contributed by atoms with Crippen molar-refractivity contribution in [3.05, 3.63) is 458 Å². The van der Waals surface area contributed by atoms with Gasteiger partial charge in [-0.1, -0.05) is 0 Å². The molecule has 12 aromatic carbocycles. The zero-order chi connectivity index (χ0) is 97.3. The number of benzene rings is 12. The van der Waals surface area contributed by atoms with Crippen LogP contribution in [0.25, 0.3) is 89.0 Å². The molecule has 0 saturated heterocycles. The van der Waals surface area contributed by atoms with E-state index >= 15 is 0 Å². The monoisotopic (exact) mass is 3420 g/mol. The second-order valence-corrected chi connectivity index (χ2v) is 65.9. The predicted octanol–water partition coefficient (Wildman–Crippen LogP) is 20.0. The van der Waals surface area contributed by atoms with Gasteiger partial charge in [0.1, 0.15) is 0 Å². The molecular weight excluding hydrogens is 3350 g/mol. The normalized spacial score (nSPS) is 12.2. The predicted molar refractivity (Wildman–Crippen MR) is 551 cm³/mol. The fourth-order valence-corrected chi connectivity index (χ4v) is 57.2. The Hall–Kier alpha value is -11.1. The molecular formula is C120H78Bi4F6N8O4Pt4. The summed E-state index contributed by atoms with van der Waals surface area (Å²) in [6, 6.07) is 133. The first-order valence-corrected chi connectivity index (χ1v) is 66.2. The van der Waals surface area contributed by atoms with Crippen molar-refractivity contribution in [1.29, 1.82) is 0 Å². The third kappa shape index (κ3) is 23.5. The first-order valence-electron chi connectivity index (χ1n) is 45.3. The topological polar surface area (TPSA) is 140 Å². The molecule has 0 bridgehead atoms. The van der Waals surface area contributed by atoms with Crippen LogP contribution in [0, 0.1) is 90.1 Å². The fraction of sp³-hybridized carbons (Fsp3) is 0.0667. The van der Waals surface area contributed by atoms with Crippen molar-refractivity contribution in [1.82, 2.24) is 39.9 Å². The van der Waals surface area contributed by atoms with Gasteiger partial charge in [0.2, 0.25) is 0 Å². The van der Waals surface area contributed by atoms with Crippen LogP contribution in [0.1, 0.15) is 44.6 Å². The zero-order valence-corrected chi connectivity index (χ0v) is 101. The first-order chi connectivity index (χ1) is 69.1. The van der Waals surface area contributed by atoms with Gasteiger partial charge in [-0.05, 0) is 0 Å². The van der Waals surface area contributed by atoms with E-state index in [1.807, 2.05) is 130 Å². The van der Waals surface area contributed by atoms with E-state index in [1.54, 1.807) is 30.5 Å². The van der Waals surface area contributed by atoms with E-state index in [0.29, 0.717) is 28.8 Å². The number of nitrogens with zero attached hydrogens (tertiary/aromatic N) is 8. The third-order valence-electron chi connectivity index (χ3n) is 23.8. The number of halogens is 6. The number of aryl methyl sites for hydroxylation is 6. The van der Waals surface area contributed by atoms with Gasteiger partial charge in [-0.15, -0.1) is 0 Å². The summed E-state index contributed by atoms with van der Waals surface area (Å²) in [6.45, 7) is 12.4. The Labute approximate surface area is 932 Å². The number of hydrogen-bond donors (Lipinski definition) is 0. The van der Waals surface area contributed by atoms with Gasteiger partial charge in [0.15, 0.2) is 0 Å². The molecule has 724 valence electrons. The number of rotatable bonds is 16. The Balaban J connectivity index is 0.000000132. The summed E-state index contributed by atoms with van der Waals surface area (Å²) in [5.41, 5.74) is 22.3. The summed E-state index contributed by atoms with van der Waals surface area (Å²) in [4.78, 5) is 35.7. The van der Waals surface area contributed by atoms with Gasteiger partial charge in [0.25, 0.3) is 0 Å². The van der Waals surface area contributed by atoms with E-state index in [-0.39, 0.29) is 102 Å². The van der Waals surface area contributed by atoms with Crippen LogP contribution >= 0.6 is 0 Å². The summed E-state index contributed by atoms with van der Waals surface area (Å²) < 4.78 is 118. The maximum absolute atomic E-state index is 13.4. The van der Waals surface area contributed by atoms with Gasteiger partial charge in [0, 0.05) is 0 Å². The van der Waals surface area contributed by atoms with E-state index in [1.165, 1.54) is 112 Å². The number of ether oxygens (including phenoxy) is 4. The van der Waals surface area contributed by atoms with Crippen molar-refractivity contribution >= 4 is 127 Å². The van der Waals surface area contributed by atoms with Gasteiger partial charge >= 0.3 is 944 Å². The van der Waals surface area contributed by atoms with Crippen molar-refractivity contribution in [3.8, 4) is 136 Å². The Kier molecular flexibility index (Phi) is 34.0. The average Bonchev–Trinajstić information content (AvgIpc) is 1.60. The number of alkyl halides is 6. The van der Waals surface area contributed by atoms with Gasteiger partial charge in [-0.3, -0.25) is 0 Å². The summed E-state index contributed by atoms with van der Waals surface area (Å²) in [6.07, 6.45) is 2.74. The van der Waals surface area contributed by atoms with Crippen LogP contribution in [0.2, 0.25) is 0 Å². The molecule has 0 spiro atoms. The van der Waals surface area contributed by atoms with Crippen molar-refractivity contribution in [3.63, 3.8) is 0 Å². The molecule has 4 aliphatic heterocycles. The second kappa shape index (κ2) is 46.8. The fourth-order valence-electron chi connectivity index (χ4n) is 17.2. The van der Waals surface area contributed by atoms with Crippen LogP contribution in [-0.2, 0) is 96.6 Å². The van der Waals surface area contributed by atoms with Crippen LogP contribution in [0.5, 0.6) is 46.5 Å². The van der Waals surface area contributed by atoms with Crippen LogP contribution in [0.3, 0.4) is 0 Å². The molecule has 0 unspecified atom stereocenters. The Morgan fingerprint density at radius 1 is 0.240 bits per heavy atom. The summed E-state index contributed by atoms with van der Waals surface area (Å²) in [5, 5.41) is 0. The minimum Gasteiger partial charge on any atom is 2.00 e. The van der Waals surface area contributed by atoms with Gasteiger partial charge in [-0.2, -0.15) is 0 Å². The van der Waals surface area contributed by atoms with Crippen molar-refractivity contribution in [2.75, 3.05) is 0 Å². The molecule has 12 heterocycles. The molecule has 0 fully saturated rings. The molecule has 12 nitrogen and oxygen atoms in total. The number of aromatic nitrogens is 8. The minimum atomic E-state index is -4.57. The quantitative estimate of drug-likeness (QED) is 0.0517. The van der Waals surface area contributed by atoms with Gasteiger partial charge < -0.3 is 0 Å². The molecule has 26 heteroatoms. The van der Waals surface area contributed by atoms with E-state index in [9.17, 15) is 26.3 Å². The van der Waals surface area contributed by atoms with Crippen LogP contribution in [0.15, 0.2) is 365 Å². The minimum absolute atomic E-state index is 0. The van der Waals surface area contributed by atoms with Crippen LogP contribution in [-0.4, -0.2) is 127 Å². The molecule has 4 aliphatic rings. The van der Waals surface area contributed by atoms with E-state index in [4.69, 9.17) is 38.9 Å². The van der Waals surface area contributed by atoms with Crippen molar-refractivity contribution < 1.29 is 130 Å². The molecule has 0 saturated carbocycles. The smallest absolute Gasteiger partial charge is 2.00 e.